The third kappa shape index (κ3) is 3.58. The maximum atomic E-state index is 5.77. The lowest BCUT2D eigenvalue weighted by atomic mass is 9.88. The highest BCUT2D eigenvalue weighted by Crippen LogP contribution is 2.31. The molecule has 0 amide bonds. The van der Waals surface area contributed by atoms with Crippen molar-refractivity contribution in [3.05, 3.63) is 65.7 Å². The molecule has 1 atom stereocenters. The van der Waals surface area contributed by atoms with Crippen LogP contribution in [0.15, 0.2) is 54.6 Å². The van der Waals surface area contributed by atoms with Crippen LogP contribution in [0, 0.1) is 0 Å². The Morgan fingerprint density at radius 2 is 1.68 bits per heavy atom. The molecule has 2 rings (SSSR count). The van der Waals surface area contributed by atoms with E-state index in [9.17, 15) is 0 Å². The van der Waals surface area contributed by atoms with Gasteiger partial charge in [0.2, 0.25) is 0 Å². The van der Waals surface area contributed by atoms with Crippen LogP contribution in [0.1, 0.15) is 23.5 Å². The molecule has 0 fully saturated rings. The fourth-order valence-electron chi connectivity index (χ4n) is 2.47. The lowest BCUT2D eigenvalue weighted by Crippen LogP contribution is -2.11. The SMILES string of the molecule is COc1ccccc1C(CCN)Cc1ccccc1. The Labute approximate surface area is 115 Å². The molecule has 2 aromatic carbocycles. The molecule has 0 aliphatic rings. The van der Waals surface area contributed by atoms with Gasteiger partial charge in [0, 0.05) is 0 Å². The maximum Gasteiger partial charge on any atom is 0.122 e. The van der Waals surface area contributed by atoms with Gasteiger partial charge in [-0.3, -0.25) is 0 Å². The molecular weight excluding hydrogens is 234 g/mol. The van der Waals surface area contributed by atoms with Crippen LogP contribution in [0.5, 0.6) is 5.75 Å². The highest BCUT2D eigenvalue weighted by molar-refractivity contribution is 5.37. The van der Waals surface area contributed by atoms with Gasteiger partial charge >= 0.3 is 0 Å². The molecule has 2 nitrogen and oxygen atoms in total. The monoisotopic (exact) mass is 255 g/mol. The van der Waals surface area contributed by atoms with Crippen LogP contribution in [0.3, 0.4) is 0 Å². The minimum absolute atomic E-state index is 0.406. The summed E-state index contributed by atoms with van der Waals surface area (Å²) >= 11 is 0. The first-order valence-electron chi connectivity index (χ1n) is 6.72. The van der Waals surface area contributed by atoms with Gasteiger partial charge in [-0.05, 0) is 42.5 Å². The van der Waals surface area contributed by atoms with E-state index in [0.717, 1.165) is 18.6 Å². The van der Waals surface area contributed by atoms with Crippen LogP contribution in [-0.4, -0.2) is 13.7 Å². The Balaban J connectivity index is 2.24. The zero-order valence-corrected chi connectivity index (χ0v) is 11.4. The summed E-state index contributed by atoms with van der Waals surface area (Å²) in [5.74, 6) is 1.36. The van der Waals surface area contributed by atoms with Crippen molar-refractivity contribution in [3.63, 3.8) is 0 Å². The van der Waals surface area contributed by atoms with Crippen LogP contribution < -0.4 is 10.5 Å². The summed E-state index contributed by atoms with van der Waals surface area (Å²) in [6.07, 6.45) is 1.97. The third-order valence-electron chi connectivity index (χ3n) is 3.42. The van der Waals surface area contributed by atoms with Crippen molar-refractivity contribution >= 4 is 0 Å². The van der Waals surface area contributed by atoms with Crippen LogP contribution in [0.4, 0.5) is 0 Å². The Bertz CT molecular complexity index is 496. The number of methoxy groups -OCH3 is 1. The van der Waals surface area contributed by atoms with Crippen molar-refractivity contribution < 1.29 is 4.74 Å². The minimum atomic E-state index is 0.406. The molecule has 0 radical (unpaired) electrons. The molecule has 0 aliphatic heterocycles. The summed E-state index contributed by atoms with van der Waals surface area (Å²) in [7, 11) is 1.72. The minimum Gasteiger partial charge on any atom is -0.496 e. The second kappa shape index (κ2) is 6.95. The molecule has 0 saturated heterocycles. The Morgan fingerprint density at radius 1 is 1.00 bits per heavy atom. The van der Waals surface area contributed by atoms with E-state index in [1.54, 1.807) is 7.11 Å². The fraction of sp³-hybridized carbons (Fsp3) is 0.294. The van der Waals surface area contributed by atoms with E-state index in [2.05, 4.69) is 36.4 Å². The summed E-state index contributed by atoms with van der Waals surface area (Å²) in [5.41, 5.74) is 8.36. The second-order valence-corrected chi connectivity index (χ2v) is 4.71. The molecule has 2 aromatic rings. The zero-order chi connectivity index (χ0) is 13.5. The quantitative estimate of drug-likeness (QED) is 0.859. The van der Waals surface area contributed by atoms with E-state index >= 15 is 0 Å². The normalized spacial score (nSPS) is 12.1. The number of hydrogen-bond acceptors (Lipinski definition) is 2. The van der Waals surface area contributed by atoms with Crippen molar-refractivity contribution in [2.24, 2.45) is 5.73 Å². The average molecular weight is 255 g/mol. The summed E-state index contributed by atoms with van der Waals surface area (Å²) < 4.78 is 5.47. The van der Waals surface area contributed by atoms with Crippen LogP contribution in [-0.2, 0) is 6.42 Å². The number of ether oxygens (including phenoxy) is 1. The van der Waals surface area contributed by atoms with E-state index in [1.165, 1.54) is 11.1 Å². The van der Waals surface area contributed by atoms with Crippen LogP contribution >= 0.6 is 0 Å². The smallest absolute Gasteiger partial charge is 0.122 e. The number of rotatable bonds is 6. The largest absolute Gasteiger partial charge is 0.496 e. The number of hydrogen-bond donors (Lipinski definition) is 1. The zero-order valence-electron chi connectivity index (χ0n) is 11.4. The summed E-state index contributed by atoms with van der Waals surface area (Å²) in [5, 5.41) is 0. The van der Waals surface area contributed by atoms with E-state index in [4.69, 9.17) is 10.5 Å². The van der Waals surface area contributed by atoms with Gasteiger partial charge in [0.15, 0.2) is 0 Å². The van der Waals surface area contributed by atoms with E-state index in [0.29, 0.717) is 12.5 Å². The number of nitrogens with two attached hydrogens (primary N) is 1. The molecular formula is C17H21NO. The van der Waals surface area contributed by atoms with Gasteiger partial charge in [-0.15, -0.1) is 0 Å². The average Bonchev–Trinajstić information content (AvgIpc) is 2.48. The molecule has 1 unspecified atom stereocenters. The van der Waals surface area contributed by atoms with Crippen LogP contribution in [0.25, 0.3) is 0 Å². The lowest BCUT2D eigenvalue weighted by molar-refractivity contribution is 0.403. The van der Waals surface area contributed by atoms with Crippen molar-refractivity contribution in [3.8, 4) is 5.75 Å². The Morgan fingerprint density at radius 3 is 2.37 bits per heavy atom. The molecule has 0 saturated carbocycles. The van der Waals surface area contributed by atoms with Gasteiger partial charge in [-0.2, -0.15) is 0 Å². The molecule has 2 heteroatoms. The Hall–Kier alpha value is -1.80. The summed E-state index contributed by atoms with van der Waals surface area (Å²) in [4.78, 5) is 0. The molecule has 0 heterocycles. The third-order valence-corrected chi connectivity index (χ3v) is 3.42. The van der Waals surface area contributed by atoms with Gasteiger partial charge in [-0.1, -0.05) is 48.5 Å². The summed E-state index contributed by atoms with van der Waals surface area (Å²) in [6.45, 7) is 0.690. The van der Waals surface area contributed by atoms with Crippen molar-refractivity contribution in [1.82, 2.24) is 0 Å². The Kier molecular flexibility index (Phi) is 4.99. The second-order valence-electron chi connectivity index (χ2n) is 4.71. The molecule has 2 N–H and O–H groups in total. The predicted octanol–water partition coefficient (Wildman–Crippen LogP) is 3.37. The fourth-order valence-corrected chi connectivity index (χ4v) is 2.47. The first-order chi connectivity index (χ1) is 9.35. The lowest BCUT2D eigenvalue weighted by Gasteiger charge is -2.19. The number of benzene rings is 2. The van der Waals surface area contributed by atoms with E-state index < -0.39 is 0 Å². The molecule has 0 aromatic heterocycles. The van der Waals surface area contributed by atoms with Gasteiger partial charge in [-0.25, -0.2) is 0 Å². The molecule has 0 aliphatic carbocycles. The highest BCUT2D eigenvalue weighted by atomic mass is 16.5. The van der Waals surface area contributed by atoms with E-state index in [-0.39, 0.29) is 0 Å². The van der Waals surface area contributed by atoms with Gasteiger partial charge < -0.3 is 10.5 Å². The van der Waals surface area contributed by atoms with Gasteiger partial charge in [0.05, 0.1) is 7.11 Å². The van der Waals surface area contributed by atoms with Gasteiger partial charge in [0.25, 0.3) is 0 Å². The van der Waals surface area contributed by atoms with Gasteiger partial charge in [0.1, 0.15) is 5.75 Å². The standard InChI is InChI=1S/C17H21NO/c1-19-17-10-6-5-9-16(17)15(11-12-18)13-14-7-3-2-4-8-14/h2-10,15H,11-13,18H2,1H3. The van der Waals surface area contributed by atoms with Crippen LogP contribution in [0.2, 0.25) is 0 Å². The van der Waals surface area contributed by atoms with Crippen molar-refractivity contribution in [1.29, 1.82) is 0 Å². The maximum absolute atomic E-state index is 5.77. The molecule has 0 bridgehead atoms. The topological polar surface area (TPSA) is 35.2 Å². The molecule has 100 valence electrons. The summed E-state index contributed by atoms with van der Waals surface area (Å²) in [6, 6.07) is 18.8. The first-order valence-corrected chi connectivity index (χ1v) is 6.72. The molecule has 0 spiro atoms. The van der Waals surface area contributed by atoms with E-state index in [1.807, 2.05) is 18.2 Å². The molecule has 19 heavy (non-hydrogen) atoms. The predicted molar refractivity (Wildman–Crippen MR) is 79.6 cm³/mol. The van der Waals surface area contributed by atoms with Crippen molar-refractivity contribution in [2.45, 2.75) is 18.8 Å². The van der Waals surface area contributed by atoms with Crippen molar-refractivity contribution in [2.75, 3.05) is 13.7 Å². The first kappa shape index (κ1) is 13.6. The number of para-hydroxylation sites is 1. The highest BCUT2D eigenvalue weighted by Gasteiger charge is 2.15.